The number of nitrogens with one attached hydrogen (secondary N) is 1. The monoisotopic (exact) mass is 656 g/mol. The molecule has 11 heteroatoms. The van der Waals surface area contributed by atoms with Gasteiger partial charge >= 0.3 is 5.97 Å². The lowest BCUT2D eigenvalue weighted by Gasteiger charge is -2.12. The summed E-state index contributed by atoms with van der Waals surface area (Å²) in [5.41, 5.74) is 5.46. The topological polar surface area (TPSA) is 123 Å². The summed E-state index contributed by atoms with van der Waals surface area (Å²) in [6.45, 7) is 4.65. The molecule has 0 atom stereocenters. The van der Waals surface area contributed by atoms with Crippen LogP contribution < -0.4 is 0 Å². The van der Waals surface area contributed by atoms with E-state index in [0.29, 0.717) is 30.1 Å². The van der Waals surface area contributed by atoms with E-state index in [4.69, 9.17) is 9.40 Å². The van der Waals surface area contributed by atoms with Crippen LogP contribution in [0.5, 0.6) is 0 Å². The molecule has 2 N–H and O–H groups in total. The maximum absolute atomic E-state index is 12.3. The number of imidazole rings is 1. The molecular formula is C32H29BrN6O3S. The van der Waals surface area contributed by atoms with Crippen molar-refractivity contribution in [1.29, 1.82) is 0 Å². The zero-order valence-electron chi connectivity index (χ0n) is 23.7. The van der Waals surface area contributed by atoms with Gasteiger partial charge in [0, 0.05) is 46.3 Å². The first-order chi connectivity index (χ1) is 20.9. The predicted molar refractivity (Wildman–Crippen MR) is 171 cm³/mol. The number of aromatic amines is 1. The second-order valence-corrected chi connectivity index (χ2v) is 12.1. The first kappa shape index (κ1) is 28.8. The lowest BCUT2D eigenvalue weighted by molar-refractivity contribution is -0.132. The highest BCUT2D eigenvalue weighted by Crippen LogP contribution is 2.41. The van der Waals surface area contributed by atoms with Crippen LogP contribution in [0.15, 0.2) is 74.4 Å². The molecule has 0 saturated carbocycles. The van der Waals surface area contributed by atoms with E-state index in [0.717, 1.165) is 73.5 Å². The van der Waals surface area contributed by atoms with Crippen LogP contribution in [0.3, 0.4) is 0 Å². The first-order valence-electron chi connectivity index (χ1n) is 14.0. The third-order valence-electron chi connectivity index (χ3n) is 7.36. The van der Waals surface area contributed by atoms with Crippen LogP contribution in [0.25, 0.3) is 39.8 Å². The van der Waals surface area contributed by atoms with Crippen molar-refractivity contribution in [1.82, 2.24) is 30.2 Å². The fourth-order valence-corrected chi connectivity index (χ4v) is 6.55. The average molecular weight is 658 g/mol. The number of aliphatic carboxylic acids is 1. The fourth-order valence-electron chi connectivity index (χ4n) is 5.21. The molecule has 43 heavy (non-hydrogen) atoms. The van der Waals surface area contributed by atoms with Gasteiger partial charge < -0.3 is 14.1 Å². The zero-order chi connectivity index (χ0) is 29.9. The van der Waals surface area contributed by atoms with E-state index < -0.39 is 5.97 Å². The van der Waals surface area contributed by atoms with Crippen molar-refractivity contribution in [2.24, 2.45) is 0 Å². The Kier molecular flexibility index (Phi) is 8.35. The van der Waals surface area contributed by atoms with Gasteiger partial charge in [0.1, 0.15) is 17.2 Å². The highest BCUT2D eigenvalue weighted by atomic mass is 79.9. The molecule has 2 aromatic carbocycles. The summed E-state index contributed by atoms with van der Waals surface area (Å²) in [5, 5.41) is 27.3. The largest absolute Gasteiger partial charge is 0.478 e. The molecule has 0 saturated heterocycles. The van der Waals surface area contributed by atoms with Gasteiger partial charge in [-0.3, -0.25) is 0 Å². The van der Waals surface area contributed by atoms with Crippen LogP contribution >= 0.6 is 27.3 Å². The Labute approximate surface area is 260 Å². The summed E-state index contributed by atoms with van der Waals surface area (Å²) in [4.78, 5) is 18.2. The number of H-pyrrole nitrogens is 1. The number of aryl methyl sites for hydroxylation is 2. The van der Waals surface area contributed by atoms with Gasteiger partial charge in [-0.1, -0.05) is 49.7 Å². The number of benzene rings is 2. The van der Waals surface area contributed by atoms with Gasteiger partial charge in [-0.05, 0) is 74.9 Å². The molecule has 0 aliphatic carbocycles. The van der Waals surface area contributed by atoms with Gasteiger partial charge in [0.05, 0.1) is 15.9 Å². The molecule has 4 heterocycles. The van der Waals surface area contributed by atoms with Crippen molar-refractivity contribution in [2.75, 3.05) is 0 Å². The van der Waals surface area contributed by atoms with E-state index in [9.17, 15) is 9.90 Å². The van der Waals surface area contributed by atoms with Crippen LogP contribution in [-0.4, -0.2) is 41.3 Å². The number of carboxylic acid groups (broad SMARTS) is 1. The van der Waals surface area contributed by atoms with Gasteiger partial charge in [0.25, 0.3) is 0 Å². The van der Waals surface area contributed by atoms with Crippen LogP contribution in [0, 0.1) is 6.92 Å². The van der Waals surface area contributed by atoms with Gasteiger partial charge in [0.15, 0.2) is 5.82 Å². The molecule has 0 aliphatic heterocycles. The number of hydrogen-bond acceptors (Lipinski definition) is 7. The van der Waals surface area contributed by atoms with Gasteiger partial charge in [-0.25, -0.2) is 14.9 Å². The van der Waals surface area contributed by atoms with E-state index in [2.05, 4.69) is 54.1 Å². The number of unbranched alkanes of at least 4 members (excludes halogenated alkanes) is 1. The van der Waals surface area contributed by atoms with Crippen molar-refractivity contribution in [3.63, 3.8) is 0 Å². The van der Waals surface area contributed by atoms with Gasteiger partial charge in [-0.15, -0.1) is 16.4 Å². The van der Waals surface area contributed by atoms with E-state index >= 15 is 0 Å². The Morgan fingerprint density at radius 3 is 2.72 bits per heavy atom. The lowest BCUT2D eigenvalue weighted by Crippen LogP contribution is -2.09. The van der Waals surface area contributed by atoms with E-state index in [1.807, 2.05) is 60.8 Å². The summed E-state index contributed by atoms with van der Waals surface area (Å²) in [6.07, 6.45) is 5.01. The van der Waals surface area contributed by atoms with Crippen molar-refractivity contribution >= 4 is 50.3 Å². The number of tetrazole rings is 1. The summed E-state index contributed by atoms with van der Waals surface area (Å²) in [6, 6.07) is 17.8. The molecule has 6 rings (SSSR count). The molecule has 0 unspecified atom stereocenters. The van der Waals surface area contributed by atoms with Crippen LogP contribution in [0.4, 0.5) is 0 Å². The van der Waals surface area contributed by atoms with Crippen molar-refractivity contribution in [3.05, 3.63) is 97.7 Å². The van der Waals surface area contributed by atoms with Gasteiger partial charge in [-0.2, -0.15) is 0 Å². The van der Waals surface area contributed by atoms with Crippen LogP contribution in [0.2, 0.25) is 0 Å². The summed E-state index contributed by atoms with van der Waals surface area (Å²) < 4.78 is 9.33. The Hall–Kier alpha value is -4.35. The second-order valence-electron chi connectivity index (χ2n) is 10.3. The molecule has 9 nitrogen and oxygen atoms in total. The normalized spacial score (nSPS) is 11.9. The number of carboxylic acids is 1. The molecule has 0 bridgehead atoms. The van der Waals surface area contributed by atoms with E-state index in [1.54, 1.807) is 17.4 Å². The second kappa shape index (κ2) is 12.5. The van der Waals surface area contributed by atoms with Crippen molar-refractivity contribution in [3.8, 4) is 22.7 Å². The van der Waals surface area contributed by atoms with E-state index in [-0.39, 0.29) is 0 Å². The molecule has 4 aromatic heterocycles. The molecule has 0 amide bonds. The molecule has 0 radical (unpaired) electrons. The summed E-state index contributed by atoms with van der Waals surface area (Å²) in [5.74, 6) is 1.27. The number of furan rings is 1. The Morgan fingerprint density at radius 2 is 2.00 bits per heavy atom. The third-order valence-corrected chi connectivity index (χ3v) is 9.02. The summed E-state index contributed by atoms with van der Waals surface area (Å²) >= 11 is 5.36. The molecule has 6 aromatic rings. The minimum absolute atomic E-state index is 0.340. The number of thiophene rings is 1. The van der Waals surface area contributed by atoms with Crippen LogP contribution in [-0.2, 0) is 24.2 Å². The smallest absolute Gasteiger partial charge is 0.332 e. The average Bonchev–Trinajstić information content (AvgIpc) is 3.82. The molecule has 0 fully saturated rings. The maximum Gasteiger partial charge on any atom is 0.332 e. The number of carbonyl (C=O) groups is 1. The minimum Gasteiger partial charge on any atom is -0.478 e. The molecule has 218 valence electrons. The third kappa shape index (κ3) is 5.95. The quantitative estimate of drug-likeness (QED) is 0.137. The van der Waals surface area contributed by atoms with Gasteiger partial charge in [0.2, 0.25) is 0 Å². The number of rotatable bonds is 11. The van der Waals surface area contributed by atoms with E-state index in [1.165, 1.54) is 0 Å². The molecule has 0 spiro atoms. The van der Waals surface area contributed by atoms with Crippen LogP contribution in [0.1, 0.15) is 47.4 Å². The number of nitrogens with zero attached hydrogens (tertiary/aromatic N) is 5. The number of aromatic nitrogens is 6. The highest BCUT2D eigenvalue weighted by Gasteiger charge is 2.21. The molecule has 0 aliphatic rings. The number of hydrogen-bond donors (Lipinski definition) is 2. The Morgan fingerprint density at radius 1 is 1.16 bits per heavy atom. The predicted octanol–water partition coefficient (Wildman–Crippen LogP) is 7.71. The van der Waals surface area contributed by atoms with Crippen molar-refractivity contribution in [2.45, 2.75) is 46.1 Å². The zero-order valence-corrected chi connectivity index (χ0v) is 26.1. The standard InChI is InChI=1S/C32H29BrN6O3S/c1-3-4-11-28-34-19(2)26(17-21(32(40)41)16-22-8-7-14-43-22)39(28)18-20-12-13-27-25(15-20)29(33)30(42-27)23-9-5-6-10-24(23)31-35-37-38-36-31/h5-10,12-15,17H,3-4,11,16,18H2,1-2H3,(H,40,41)(H,35,36,37,38)/b21-17+. The Balaban J connectivity index is 1.40. The SMILES string of the molecule is CCCCc1nc(C)c(/C=C(\Cc2cccs2)C(=O)O)n1Cc1ccc2oc(-c3ccccc3-c3nnn[nH]3)c(Br)c2c1. The maximum atomic E-state index is 12.3. The van der Waals surface area contributed by atoms with Crippen molar-refractivity contribution < 1.29 is 14.3 Å². The number of halogens is 1. The fraction of sp³-hybridized carbons (Fsp3) is 0.219. The number of fused-ring (bicyclic) bond motifs is 1. The highest BCUT2D eigenvalue weighted by molar-refractivity contribution is 9.10. The summed E-state index contributed by atoms with van der Waals surface area (Å²) in [7, 11) is 0. The minimum atomic E-state index is -0.923. The lowest BCUT2D eigenvalue weighted by atomic mass is 10.0. The Bertz CT molecular complexity index is 1920. The first-order valence-corrected chi connectivity index (χ1v) is 15.7. The molecular weight excluding hydrogens is 628 g/mol.